The number of para-hydroxylation sites is 1. The molecule has 92 valence electrons. The Balaban J connectivity index is 2.19. The predicted molar refractivity (Wildman–Crippen MR) is 72.9 cm³/mol. The Labute approximate surface area is 108 Å². The maximum Gasteiger partial charge on any atom is 0.142 e. The van der Waals surface area contributed by atoms with Crippen molar-refractivity contribution in [2.75, 3.05) is 7.11 Å². The molecule has 0 amide bonds. The first-order valence-corrected chi connectivity index (χ1v) is 6.42. The van der Waals surface area contributed by atoms with Gasteiger partial charge in [-0.15, -0.1) is 11.3 Å². The zero-order valence-electron chi connectivity index (χ0n) is 10.1. The Kier molecular flexibility index (Phi) is 2.59. The molecule has 0 aliphatic carbocycles. The zero-order valence-corrected chi connectivity index (χ0v) is 10.9. The molecule has 1 N–H and O–H groups in total. The van der Waals surface area contributed by atoms with E-state index in [-0.39, 0.29) is 5.82 Å². The highest BCUT2D eigenvalue weighted by atomic mass is 32.1. The third kappa shape index (κ3) is 1.69. The lowest BCUT2D eigenvalue weighted by atomic mass is 10.2. The van der Waals surface area contributed by atoms with Crippen molar-refractivity contribution in [3.05, 3.63) is 41.0 Å². The molecule has 0 bridgehead atoms. The van der Waals surface area contributed by atoms with Gasteiger partial charge >= 0.3 is 0 Å². The summed E-state index contributed by atoms with van der Waals surface area (Å²) in [5.41, 5.74) is 1.87. The van der Waals surface area contributed by atoms with Gasteiger partial charge in [-0.2, -0.15) is 0 Å². The number of benzene rings is 1. The highest BCUT2D eigenvalue weighted by Crippen LogP contribution is 2.34. The lowest BCUT2D eigenvalue weighted by molar-refractivity contribution is 0.419. The standard InChI is InChI=1S/C14H12FNOS/c1-8-10(15)7-13(18-8)11-6-9-4-3-5-12(17-2)14(9)16-11/h3-7,16H,1-2H3. The minimum atomic E-state index is -0.152. The van der Waals surface area contributed by atoms with Gasteiger partial charge in [0.1, 0.15) is 11.6 Å². The molecule has 0 fully saturated rings. The summed E-state index contributed by atoms with van der Waals surface area (Å²) in [6, 6.07) is 9.44. The maximum absolute atomic E-state index is 13.4. The normalized spacial score (nSPS) is 11.1. The average molecular weight is 261 g/mol. The second-order valence-electron chi connectivity index (χ2n) is 4.12. The van der Waals surface area contributed by atoms with Gasteiger partial charge in [-0.1, -0.05) is 12.1 Å². The number of nitrogens with one attached hydrogen (secondary N) is 1. The minimum Gasteiger partial charge on any atom is -0.495 e. The number of thiophene rings is 1. The lowest BCUT2D eigenvalue weighted by Gasteiger charge is -1.99. The number of rotatable bonds is 2. The van der Waals surface area contributed by atoms with Gasteiger partial charge in [-0.05, 0) is 25.1 Å². The summed E-state index contributed by atoms with van der Waals surface area (Å²) in [6.07, 6.45) is 0. The van der Waals surface area contributed by atoms with E-state index in [2.05, 4.69) is 4.98 Å². The van der Waals surface area contributed by atoms with Gasteiger partial charge in [0.15, 0.2) is 0 Å². The molecule has 1 aromatic carbocycles. The fourth-order valence-corrected chi connectivity index (χ4v) is 2.89. The van der Waals surface area contributed by atoms with Crippen molar-refractivity contribution >= 4 is 22.2 Å². The summed E-state index contributed by atoms with van der Waals surface area (Å²) in [6.45, 7) is 1.78. The molecule has 0 spiro atoms. The second kappa shape index (κ2) is 4.14. The molecule has 0 saturated carbocycles. The summed E-state index contributed by atoms with van der Waals surface area (Å²) in [7, 11) is 1.64. The Bertz CT molecular complexity index is 694. The predicted octanol–water partition coefficient (Wildman–Crippen LogP) is 4.35. The van der Waals surface area contributed by atoms with Crippen molar-refractivity contribution in [3.8, 4) is 16.3 Å². The number of aromatic nitrogens is 1. The summed E-state index contributed by atoms with van der Waals surface area (Å²) in [5.74, 6) is 0.646. The van der Waals surface area contributed by atoms with Crippen LogP contribution < -0.4 is 4.74 Å². The van der Waals surface area contributed by atoms with Crippen LogP contribution >= 0.6 is 11.3 Å². The van der Waals surface area contributed by atoms with Crippen LogP contribution in [0.15, 0.2) is 30.3 Å². The first-order valence-electron chi connectivity index (χ1n) is 5.61. The molecule has 0 radical (unpaired) electrons. The molecule has 18 heavy (non-hydrogen) atoms. The fourth-order valence-electron chi connectivity index (χ4n) is 2.02. The van der Waals surface area contributed by atoms with Crippen molar-refractivity contribution in [3.63, 3.8) is 0 Å². The Morgan fingerprint density at radius 3 is 2.78 bits per heavy atom. The first kappa shape index (κ1) is 11.3. The van der Waals surface area contributed by atoms with E-state index in [1.807, 2.05) is 24.3 Å². The minimum absolute atomic E-state index is 0.152. The number of methoxy groups -OCH3 is 1. The first-order chi connectivity index (χ1) is 8.69. The van der Waals surface area contributed by atoms with Crippen LogP contribution in [0.4, 0.5) is 4.39 Å². The smallest absolute Gasteiger partial charge is 0.142 e. The number of H-pyrrole nitrogens is 1. The molecule has 3 rings (SSSR count). The molecule has 2 nitrogen and oxygen atoms in total. The number of hydrogen-bond donors (Lipinski definition) is 1. The van der Waals surface area contributed by atoms with Crippen LogP contribution in [0.25, 0.3) is 21.5 Å². The third-order valence-corrected chi connectivity index (χ3v) is 4.02. The van der Waals surface area contributed by atoms with Crippen molar-refractivity contribution in [2.45, 2.75) is 6.92 Å². The molecule has 0 atom stereocenters. The van der Waals surface area contributed by atoms with Crippen LogP contribution in [-0.2, 0) is 0 Å². The van der Waals surface area contributed by atoms with Crippen LogP contribution in [0.5, 0.6) is 5.75 Å². The monoisotopic (exact) mass is 261 g/mol. The lowest BCUT2D eigenvalue weighted by Crippen LogP contribution is -1.83. The topological polar surface area (TPSA) is 25.0 Å². The van der Waals surface area contributed by atoms with Crippen LogP contribution in [0.3, 0.4) is 0 Å². The van der Waals surface area contributed by atoms with Gasteiger partial charge in [-0.25, -0.2) is 4.39 Å². The van der Waals surface area contributed by atoms with Gasteiger partial charge < -0.3 is 9.72 Å². The number of aryl methyl sites for hydroxylation is 1. The number of fused-ring (bicyclic) bond motifs is 1. The van der Waals surface area contributed by atoms with E-state index in [0.29, 0.717) is 4.88 Å². The van der Waals surface area contributed by atoms with Gasteiger partial charge in [-0.3, -0.25) is 0 Å². The third-order valence-electron chi connectivity index (χ3n) is 2.96. The summed E-state index contributed by atoms with van der Waals surface area (Å²) in [5, 5.41) is 1.07. The van der Waals surface area contributed by atoms with E-state index in [0.717, 1.165) is 27.2 Å². The fraction of sp³-hybridized carbons (Fsp3) is 0.143. The molecule has 0 saturated heterocycles. The number of ether oxygens (including phenoxy) is 1. The van der Waals surface area contributed by atoms with E-state index in [4.69, 9.17) is 4.74 Å². The van der Waals surface area contributed by atoms with E-state index >= 15 is 0 Å². The van der Waals surface area contributed by atoms with Crippen molar-refractivity contribution < 1.29 is 9.13 Å². The quantitative estimate of drug-likeness (QED) is 0.728. The number of aromatic amines is 1. The molecule has 3 aromatic rings. The van der Waals surface area contributed by atoms with Crippen LogP contribution in [0.2, 0.25) is 0 Å². The van der Waals surface area contributed by atoms with Gasteiger partial charge in [0.05, 0.1) is 23.2 Å². The maximum atomic E-state index is 13.4. The van der Waals surface area contributed by atoms with Crippen molar-refractivity contribution in [2.24, 2.45) is 0 Å². The molecular formula is C14H12FNOS. The SMILES string of the molecule is COc1cccc2cc(-c3cc(F)c(C)s3)[nH]c12. The van der Waals surface area contributed by atoms with Gasteiger partial charge in [0, 0.05) is 10.3 Å². The Morgan fingerprint density at radius 2 is 2.11 bits per heavy atom. The van der Waals surface area contributed by atoms with Crippen LogP contribution in [-0.4, -0.2) is 12.1 Å². The summed E-state index contributed by atoms with van der Waals surface area (Å²) >= 11 is 1.45. The van der Waals surface area contributed by atoms with E-state index in [1.165, 1.54) is 11.3 Å². The molecule has 0 aliphatic rings. The molecule has 0 aliphatic heterocycles. The van der Waals surface area contributed by atoms with Gasteiger partial charge in [0.2, 0.25) is 0 Å². The van der Waals surface area contributed by atoms with E-state index < -0.39 is 0 Å². The molecule has 4 heteroatoms. The van der Waals surface area contributed by atoms with Crippen molar-refractivity contribution in [1.29, 1.82) is 0 Å². The molecular weight excluding hydrogens is 249 g/mol. The van der Waals surface area contributed by atoms with Crippen LogP contribution in [0, 0.1) is 12.7 Å². The molecule has 0 unspecified atom stereocenters. The van der Waals surface area contributed by atoms with E-state index in [9.17, 15) is 4.39 Å². The Hall–Kier alpha value is -1.81. The van der Waals surface area contributed by atoms with Crippen LogP contribution in [0.1, 0.15) is 4.88 Å². The number of halogens is 1. The average Bonchev–Trinajstić information content (AvgIpc) is 2.93. The molecule has 2 heterocycles. The number of hydrogen-bond acceptors (Lipinski definition) is 2. The highest BCUT2D eigenvalue weighted by molar-refractivity contribution is 7.15. The summed E-state index contributed by atoms with van der Waals surface area (Å²) in [4.78, 5) is 4.90. The van der Waals surface area contributed by atoms with Crippen molar-refractivity contribution in [1.82, 2.24) is 4.98 Å². The largest absolute Gasteiger partial charge is 0.495 e. The highest BCUT2D eigenvalue weighted by Gasteiger charge is 2.11. The summed E-state index contributed by atoms with van der Waals surface area (Å²) < 4.78 is 18.7. The molecule has 2 aromatic heterocycles. The zero-order chi connectivity index (χ0) is 12.7. The Morgan fingerprint density at radius 1 is 1.28 bits per heavy atom. The van der Waals surface area contributed by atoms with Gasteiger partial charge in [0.25, 0.3) is 0 Å². The van der Waals surface area contributed by atoms with E-state index in [1.54, 1.807) is 20.1 Å². The second-order valence-corrected chi connectivity index (χ2v) is 5.38.